The Labute approximate surface area is 85.6 Å². The van der Waals surface area contributed by atoms with Crippen LogP contribution in [0.4, 0.5) is 5.95 Å². The second-order valence-electron chi connectivity index (χ2n) is 2.10. The summed E-state index contributed by atoms with van der Waals surface area (Å²) in [6.45, 7) is 0. The molecule has 62 valence electrons. The Kier molecular flexibility index (Phi) is 2.12. The molecule has 0 spiro atoms. The monoisotopic (exact) mass is 261 g/mol. The lowest BCUT2D eigenvalue weighted by molar-refractivity contribution is 1.34. The van der Waals surface area contributed by atoms with Crippen LogP contribution in [0.15, 0.2) is 15.2 Å². The molecule has 0 bridgehead atoms. The second-order valence-corrected chi connectivity index (χ2v) is 5.14. The predicted molar refractivity (Wildman–Crippen MR) is 55.3 cm³/mol. The highest BCUT2D eigenvalue weighted by Gasteiger charge is 2.05. The molecule has 0 saturated heterocycles. The van der Waals surface area contributed by atoms with Gasteiger partial charge in [-0.15, -0.1) is 11.3 Å². The maximum atomic E-state index is 5.40. The van der Waals surface area contributed by atoms with Crippen LogP contribution in [0.1, 0.15) is 0 Å². The molecule has 0 unspecified atom stereocenters. The van der Waals surface area contributed by atoms with Gasteiger partial charge in [-0.2, -0.15) is 9.36 Å². The summed E-state index contributed by atoms with van der Waals surface area (Å²) in [5.74, 6) is 0.345. The molecule has 0 fully saturated rings. The Morgan fingerprint density at radius 2 is 2.33 bits per heavy atom. The van der Waals surface area contributed by atoms with Crippen LogP contribution in [0, 0.1) is 0 Å². The Morgan fingerprint density at radius 3 is 2.83 bits per heavy atom. The fourth-order valence-corrected chi connectivity index (χ4v) is 2.57. The minimum Gasteiger partial charge on any atom is -0.367 e. The molecule has 0 aromatic carbocycles. The molecule has 0 aliphatic heterocycles. The van der Waals surface area contributed by atoms with Crippen molar-refractivity contribution in [3.8, 4) is 10.6 Å². The highest BCUT2D eigenvalue weighted by molar-refractivity contribution is 9.11. The molecule has 0 aliphatic carbocycles. The average Bonchev–Trinajstić information content (AvgIpc) is 2.58. The number of nitrogen functional groups attached to an aromatic ring is 1. The summed E-state index contributed by atoms with van der Waals surface area (Å²) in [6.07, 6.45) is 0. The normalized spacial score (nSPS) is 10.4. The van der Waals surface area contributed by atoms with Crippen molar-refractivity contribution in [1.82, 2.24) is 9.36 Å². The second kappa shape index (κ2) is 3.12. The van der Waals surface area contributed by atoms with Crippen molar-refractivity contribution in [3.05, 3.63) is 15.2 Å². The molecule has 12 heavy (non-hydrogen) atoms. The van der Waals surface area contributed by atoms with Crippen molar-refractivity contribution >= 4 is 44.7 Å². The third-order valence-corrected chi connectivity index (χ3v) is 3.54. The summed E-state index contributed by atoms with van der Waals surface area (Å²) < 4.78 is 4.99. The zero-order chi connectivity index (χ0) is 8.55. The summed E-state index contributed by atoms with van der Waals surface area (Å²) in [5, 5.41) is 2.89. The molecule has 0 amide bonds. The average molecular weight is 262 g/mol. The molecule has 6 heteroatoms. The predicted octanol–water partition coefficient (Wildman–Crippen LogP) is 2.61. The first kappa shape index (κ1) is 8.15. The van der Waals surface area contributed by atoms with Gasteiger partial charge in [0.1, 0.15) is 5.01 Å². The Balaban J connectivity index is 2.43. The Bertz CT molecular complexity index is 357. The molecule has 2 N–H and O–H groups in total. The first-order valence-corrected chi connectivity index (χ1v) is 5.54. The fraction of sp³-hybridized carbons (Fsp3) is 0. The summed E-state index contributed by atoms with van der Waals surface area (Å²) >= 11 is 6.32. The van der Waals surface area contributed by atoms with Gasteiger partial charge in [-0.05, 0) is 33.5 Å². The molecule has 0 atom stereocenters. The molecule has 2 aromatic heterocycles. The third kappa shape index (κ3) is 1.50. The van der Waals surface area contributed by atoms with E-state index in [0.717, 1.165) is 14.4 Å². The molecule has 3 nitrogen and oxygen atoms in total. The van der Waals surface area contributed by atoms with Crippen molar-refractivity contribution in [2.24, 2.45) is 0 Å². The van der Waals surface area contributed by atoms with Gasteiger partial charge < -0.3 is 5.73 Å². The first-order valence-electron chi connectivity index (χ1n) is 3.09. The minimum absolute atomic E-state index is 0.345. The van der Waals surface area contributed by atoms with E-state index >= 15 is 0 Å². The first-order chi connectivity index (χ1) is 5.75. The number of hydrogen-bond donors (Lipinski definition) is 1. The molecule has 0 radical (unpaired) electrons. The lowest BCUT2D eigenvalue weighted by Crippen LogP contribution is -1.84. The van der Waals surface area contributed by atoms with E-state index < -0.39 is 0 Å². The highest BCUT2D eigenvalue weighted by atomic mass is 79.9. The smallest absolute Gasteiger partial charge is 0.232 e. The number of halogens is 1. The van der Waals surface area contributed by atoms with Gasteiger partial charge in [0.15, 0.2) is 0 Å². The van der Waals surface area contributed by atoms with E-state index in [1.165, 1.54) is 11.5 Å². The largest absolute Gasteiger partial charge is 0.367 e. The van der Waals surface area contributed by atoms with Crippen LogP contribution in [0.25, 0.3) is 10.6 Å². The van der Waals surface area contributed by atoms with Gasteiger partial charge in [0.2, 0.25) is 5.95 Å². The summed E-state index contributed by atoms with van der Waals surface area (Å²) in [5.41, 5.74) is 6.47. The molecule has 2 heterocycles. The topological polar surface area (TPSA) is 51.8 Å². The van der Waals surface area contributed by atoms with E-state index in [2.05, 4.69) is 25.3 Å². The number of nitrogens with zero attached hydrogens (tertiary/aromatic N) is 2. The quantitative estimate of drug-likeness (QED) is 0.859. The molecule has 0 aliphatic rings. The van der Waals surface area contributed by atoms with E-state index in [1.807, 2.05) is 11.4 Å². The summed E-state index contributed by atoms with van der Waals surface area (Å²) in [7, 11) is 0. The van der Waals surface area contributed by atoms with Gasteiger partial charge in [0.05, 0.1) is 3.79 Å². The van der Waals surface area contributed by atoms with Crippen LogP contribution in [-0.4, -0.2) is 9.36 Å². The number of hydrogen-bond acceptors (Lipinski definition) is 5. The zero-order valence-electron chi connectivity index (χ0n) is 5.82. The number of aromatic nitrogens is 2. The maximum absolute atomic E-state index is 5.40. The van der Waals surface area contributed by atoms with E-state index in [-0.39, 0.29) is 0 Å². The van der Waals surface area contributed by atoms with Crippen LogP contribution < -0.4 is 5.73 Å². The van der Waals surface area contributed by atoms with Gasteiger partial charge in [0, 0.05) is 10.9 Å². The van der Waals surface area contributed by atoms with E-state index in [4.69, 9.17) is 5.73 Å². The Hall–Kier alpha value is -0.460. The van der Waals surface area contributed by atoms with Crippen molar-refractivity contribution in [3.63, 3.8) is 0 Å². The summed E-state index contributed by atoms with van der Waals surface area (Å²) in [4.78, 5) is 4.07. The fourth-order valence-electron chi connectivity index (χ4n) is 0.774. The SMILES string of the molecule is Nc1nsc(-c2csc(Br)c2)n1. The van der Waals surface area contributed by atoms with Crippen molar-refractivity contribution in [1.29, 1.82) is 0 Å². The number of rotatable bonds is 1. The van der Waals surface area contributed by atoms with Gasteiger partial charge in [-0.3, -0.25) is 0 Å². The number of anilines is 1. The van der Waals surface area contributed by atoms with Crippen LogP contribution >= 0.6 is 38.8 Å². The minimum atomic E-state index is 0.345. The van der Waals surface area contributed by atoms with Gasteiger partial charge in [0.25, 0.3) is 0 Å². The van der Waals surface area contributed by atoms with E-state index in [9.17, 15) is 0 Å². The van der Waals surface area contributed by atoms with Crippen molar-refractivity contribution in [2.75, 3.05) is 5.73 Å². The van der Waals surface area contributed by atoms with Crippen molar-refractivity contribution in [2.45, 2.75) is 0 Å². The number of nitrogens with two attached hydrogens (primary N) is 1. The third-order valence-electron chi connectivity index (χ3n) is 1.26. The van der Waals surface area contributed by atoms with E-state index in [0.29, 0.717) is 5.95 Å². The molecule has 2 rings (SSSR count). The standard InChI is InChI=1S/C6H4BrN3S2/c7-4-1-3(2-11-4)5-9-6(8)10-12-5/h1-2H,(H2,8,10). The lowest BCUT2D eigenvalue weighted by Gasteiger charge is -1.83. The van der Waals surface area contributed by atoms with Crippen LogP contribution in [0.3, 0.4) is 0 Å². The zero-order valence-corrected chi connectivity index (χ0v) is 9.04. The van der Waals surface area contributed by atoms with Crippen molar-refractivity contribution < 1.29 is 0 Å². The number of thiophene rings is 1. The maximum Gasteiger partial charge on any atom is 0.232 e. The molecular formula is C6H4BrN3S2. The van der Waals surface area contributed by atoms with Gasteiger partial charge in [-0.1, -0.05) is 0 Å². The van der Waals surface area contributed by atoms with Gasteiger partial charge in [-0.25, -0.2) is 0 Å². The lowest BCUT2D eigenvalue weighted by atomic mass is 10.4. The van der Waals surface area contributed by atoms with Crippen LogP contribution in [-0.2, 0) is 0 Å². The Morgan fingerprint density at radius 1 is 1.50 bits per heavy atom. The highest BCUT2D eigenvalue weighted by Crippen LogP contribution is 2.30. The van der Waals surface area contributed by atoms with Gasteiger partial charge >= 0.3 is 0 Å². The molecule has 2 aromatic rings. The molecule has 0 saturated carbocycles. The summed E-state index contributed by atoms with van der Waals surface area (Å²) in [6, 6.07) is 2.00. The van der Waals surface area contributed by atoms with Crippen LogP contribution in [0.2, 0.25) is 0 Å². The molecular weight excluding hydrogens is 258 g/mol. The van der Waals surface area contributed by atoms with E-state index in [1.54, 1.807) is 11.3 Å². The van der Waals surface area contributed by atoms with Crippen LogP contribution in [0.5, 0.6) is 0 Å².